The van der Waals surface area contributed by atoms with Gasteiger partial charge in [-0.25, -0.2) is 9.50 Å². The molecule has 198 valence electrons. The Morgan fingerprint density at radius 2 is 1.89 bits per heavy atom. The molecule has 9 nitrogen and oxygen atoms in total. The zero-order chi connectivity index (χ0) is 25.8. The third-order valence-electron chi connectivity index (χ3n) is 6.73. The summed E-state index contributed by atoms with van der Waals surface area (Å²) in [4.78, 5) is 21.0. The average molecular weight is 519 g/mol. The van der Waals surface area contributed by atoms with Crippen LogP contribution >= 0.6 is 0 Å². The minimum atomic E-state index is -4.76. The van der Waals surface area contributed by atoms with Crippen LogP contribution in [0.1, 0.15) is 12.8 Å². The molecule has 37 heavy (non-hydrogen) atoms. The number of imidazole rings is 1. The van der Waals surface area contributed by atoms with Gasteiger partial charge in [0.15, 0.2) is 5.65 Å². The summed E-state index contributed by atoms with van der Waals surface area (Å²) >= 11 is 0. The number of benzene rings is 1. The first-order chi connectivity index (χ1) is 17.8. The molecule has 5 rings (SSSR count). The number of piperidine rings is 1. The highest BCUT2D eigenvalue weighted by Gasteiger charge is 2.31. The van der Waals surface area contributed by atoms with Crippen LogP contribution in [0.5, 0.6) is 5.75 Å². The molecule has 2 aliphatic heterocycles. The Kier molecular flexibility index (Phi) is 7.47. The van der Waals surface area contributed by atoms with E-state index in [2.05, 4.69) is 25.0 Å². The van der Waals surface area contributed by atoms with Crippen LogP contribution in [0.3, 0.4) is 0 Å². The lowest BCUT2D eigenvalue weighted by atomic mass is 9.96. The Hall–Kier alpha value is -3.38. The van der Waals surface area contributed by atoms with Crippen LogP contribution in [0, 0.1) is 5.92 Å². The summed E-state index contributed by atoms with van der Waals surface area (Å²) < 4.78 is 48.9. The summed E-state index contributed by atoms with van der Waals surface area (Å²) in [5.74, 6) is 0.922. The maximum absolute atomic E-state index is 12.6. The van der Waals surface area contributed by atoms with E-state index in [0.717, 1.165) is 39.0 Å². The molecule has 0 unspecified atom stereocenters. The van der Waals surface area contributed by atoms with Crippen molar-refractivity contribution in [2.24, 2.45) is 5.92 Å². The summed E-state index contributed by atoms with van der Waals surface area (Å²) in [5, 5.41) is 7.98. The van der Waals surface area contributed by atoms with Gasteiger partial charge in [-0.2, -0.15) is 0 Å². The number of ether oxygens (including phenoxy) is 2. The van der Waals surface area contributed by atoms with E-state index >= 15 is 0 Å². The van der Waals surface area contributed by atoms with Crippen LogP contribution in [0.15, 0.2) is 42.6 Å². The molecule has 1 aromatic carbocycles. The number of hydrogen-bond acceptors (Lipinski definition) is 7. The Morgan fingerprint density at radius 3 is 2.65 bits per heavy atom. The van der Waals surface area contributed by atoms with E-state index in [-0.39, 0.29) is 11.7 Å². The number of rotatable bonds is 7. The van der Waals surface area contributed by atoms with Gasteiger partial charge < -0.3 is 19.7 Å². The Morgan fingerprint density at radius 1 is 1.11 bits per heavy atom. The number of alkyl halides is 3. The molecular weight excluding hydrogens is 489 g/mol. The van der Waals surface area contributed by atoms with Gasteiger partial charge in [-0.05, 0) is 43.0 Å². The largest absolute Gasteiger partial charge is 0.573 e. The maximum atomic E-state index is 12.6. The molecule has 0 saturated carbocycles. The van der Waals surface area contributed by atoms with E-state index in [1.54, 1.807) is 16.8 Å². The molecule has 0 aliphatic carbocycles. The monoisotopic (exact) mass is 518 g/mol. The SMILES string of the molecule is O=C(CN1CCOCC1)N1CCC(CNc2ccc3ncc(-c4cccc(OC(F)(F)F)c4)n3n2)CC1. The number of nitrogens with one attached hydrogen (secondary N) is 1. The second-order valence-electron chi connectivity index (χ2n) is 9.30. The average Bonchev–Trinajstić information content (AvgIpc) is 3.31. The molecule has 0 radical (unpaired) electrons. The standard InChI is InChI=1S/C25H29F3N6O3/c26-25(27,28)37-20-3-1-2-19(14-20)21-16-30-23-5-4-22(31-34(21)23)29-15-18-6-8-33(9-7-18)24(35)17-32-10-12-36-13-11-32/h1-5,14,16,18H,6-13,15,17H2,(H,29,31). The number of halogens is 3. The lowest BCUT2D eigenvalue weighted by Crippen LogP contribution is -2.47. The minimum Gasteiger partial charge on any atom is -0.406 e. The molecule has 2 fully saturated rings. The van der Waals surface area contributed by atoms with Gasteiger partial charge in [0.2, 0.25) is 5.91 Å². The van der Waals surface area contributed by atoms with E-state index < -0.39 is 6.36 Å². The molecule has 12 heteroatoms. The number of morpholine rings is 1. The number of hydrogen-bond donors (Lipinski definition) is 1. The van der Waals surface area contributed by atoms with Crippen LogP contribution in [0.25, 0.3) is 16.9 Å². The van der Waals surface area contributed by atoms with Crippen LogP contribution in [-0.2, 0) is 9.53 Å². The third kappa shape index (κ3) is 6.50. The number of carbonyl (C=O) groups excluding carboxylic acids is 1. The Labute approximate surface area is 212 Å². The van der Waals surface area contributed by atoms with Crippen molar-refractivity contribution in [1.29, 1.82) is 0 Å². The van der Waals surface area contributed by atoms with E-state index in [4.69, 9.17) is 4.74 Å². The molecule has 1 amide bonds. The number of aromatic nitrogens is 3. The second kappa shape index (κ2) is 10.9. The fourth-order valence-corrected chi connectivity index (χ4v) is 4.70. The number of carbonyl (C=O) groups is 1. The molecule has 3 aromatic rings. The van der Waals surface area contributed by atoms with Crippen molar-refractivity contribution >= 4 is 17.4 Å². The highest BCUT2D eigenvalue weighted by molar-refractivity contribution is 5.78. The van der Waals surface area contributed by atoms with E-state index in [0.29, 0.717) is 54.9 Å². The van der Waals surface area contributed by atoms with Crippen molar-refractivity contribution in [3.05, 3.63) is 42.6 Å². The smallest absolute Gasteiger partial charge is 0.406 e. The first-order valence-corrected chi connectivity index (χ1v) is 12.4. The van der Waals surface area contributed by atoms with Gasteiger partial charge in [-0.15, -0.1) is 18.3 Å². The van der Waals surface area contributed by atoms with E-state index in [1.807, 2.05) is 17.0 Å². The van der Waals surface area contributed by atoms with Crippen LogP contribution < -0.4 is 10.1 Å². The highest BCUT2D eigenvalue weighted by Crippen LogP contribution is 2.28. The number of nitrogens with zero attached hydrogens (tertiary/aromatic N) is 5. The molecule has 2 saturated heterocycles. The van der Waals surface area contributed by atoms with Crippen molar-refractivity contribution in [2.45, 2.75) is 19.2 Å². The first kappa shape index (κ1) is 25.3. The quantitative estimate of drug-likeness (QED) is 0.514. The Balaban J connectivity index is 1.17. The summed E-state index contributed by atoms with van der Waals surface area (Å²) in [5.41, 5.74) is 1.64. The highest BCUT2D eigenvalue weighted by atomic mass is 19.4. The molecule has 0 spiro atoms. The van der Waals surface area contributed by atoms with Gasteiger partial charge in [-0.1, -0.05) is 12.1 Å². The second-order valence-corrected chi connectivity index (χ2v) is 9.30. The molecule has 2 aliphatic rings. The van der Waals surface area contributed by atoms with Crippen LogP contribution in [0.2, 0.25) is 0 Å². The molecule has 2 aromatic heterocycles. The lowest BCUT2D eigenvalue weighted by Gasteiger charge is -2.34. The zero-order valence-electron chi connectivity index (χ0n) is 20.3. The van der Waals surface area contributed by atoms with Gasteiger partial charge in [0.25, 0.3) is 0 Å². The van der Waals surface area contributed by atoms with Gasteiger partial charge in [0, 0.05) is 38.3 Å². The predicted octanol–water partition coefficient (Wildman–Crippen LogP) is 3.28. The summed E-state index contributed by atoms with van der Waals surface area (Å²) in [6.07, 6.45) is -1.37. The normalized spacial score (nSPS) is 17.8. The van der Waals surface area contributed by atoms with E-state index in [9.17, 15) is 18.0 Å². The van der Waals surface area contributed by atoms with Gasteiger partial charge in [0.1, 0.15) is 11.6 Å². The maximum Gasteiger partial charge on any atom is 0.573 e. The van der Waals surface area contributed by atoms with E-state index in [1.165, 1.54) is 18.2 Å². The van der Waals surface area contributed by atoms with Crippen LogP contribution in [-0.4, -0.2) is 89.1 Å². The zero-order valence-corrected chi connectivity index (χ0v) is 20.3. The predicted molar refractivity (Wildman–Crippen MR) is 130 cm³/mol. The van der Waals surface area contributed by atoms with Crippen molar-refractivity contribution < 1.29 is 27.4 Å². The summed E-state index contributed by atoms with van der Waals surface area (Å²) in [6, 6.07) is 9.38. The van der Waals surface area contributed by atoms with Crippen molar-refractivity contribution in [3.8, 4) is 17.0 Å². The fourth-order valence-electron chi connectivity index (χ4n) is 4.70. The summed E-state index contributed by atoms with van der Waals surface area (Å²) in [6.45, 7) is 5.61. The molecule has 0 bridgehead atoms. The third-order valence-corrected chi connectivity index (χ3v) is 6.73. The number of likely N-dealkylation sites (tertiary alicyclic amines) is 1. The number of anilines is 1. The van der Waals surface area contributed by atoms with Crippen molar-refractivity contribution in [2.75, 3.05) is 57.8 Å². The molecular formula is C25H29F3N6O3. The van der Waals surface area contributed by atoms with Gasteiger partial charge >= 0.3 is 6.36 Å². The lowest BCUT2D eigenvalue weighted by molar-refractivity contribution is -0.274. The number of amides is 1. The van der Waals surface area contributed by atoms with Gasteiger partial charge in [-0.3, -0.25) is 9.69 Å². The first-order valence-electron chi connectivity index (χ1n) is 12.4. The minimum absolute atomic E-state index is 0.178. The fraction of sp³-hybridized carbons (Fsp3) is 0.480. The summed E-state index contributed by atoms with van der Waals surface area (Å²) in [7, 11) is 0. The molecule has 4 heterocycles. The van der Waals surface area contributed by atoms with Gasteiger partial charge in [0.05, 0.1) is 31.6 Å². The number of fused-ring (bicyclic) bond motifs is 1. The Bertz CT molecular complexity index is 1220. The van der Waals surface area contributed by atoms with Crippen molar-refractivity contribution in [3.63, 3.8) is 0 Å². The van der Waals surface area contributed by atoms with Crippen LogP contribution in [0.4, 0.5) is 19.0 Å². The molecule has 1 N–H and O–H groups in total. The van der Waals surface area contributed by atoms with Crippen molar-refractivity contribution in [1.82, 2.24) is 24.4 Å². The molecule has 0 atom stereocenters. The topological polar surface area (TPSA) is 84.2 Å².